The number of amides is 1. The van der Waals surface area contributed by atoms with E-state index in [0.29, 0.717) is 6.54 Å². The van der Waals surface area contributed by atoms with E-state index < -0.39 is 0 Å². The molecule has 0 aromatic rings. The first-order valence-corrected chi connectivity index (χ1v) is 2.96. The van der Waals surface area contributed by atoms with Crippen molar-refractivity contribution in [3.05, 3.63) is 12.7 Å². The second kappa shape index (κ2) is 2.64. The van der Waals surface area contributed by atoms with Gasteiger partial charge in [0.15, 0.2) is 0 Å². The Balaban J connectivity index is 2.13. The highest BCUT2D eigenvalue weighted by Crippen LogP contribution is 1.91. The number of nitrogens with one attached hydrogen (secondary N) is 2. The van der Waals surface area contributed by atoms with Gasteiger partial charge in [0, 0.05) is 13.1 Å². The number of hydrogen-bond donors (Lipinski definition) is 2. The van der Waals surface area contributed by atoms with Gasteiger partial charge < -0.3 is 10.6 Å². The lowest BCUT2D eigenvalue weighted by Gasteiger charge is -2.26. The maximum Gasteiger partial charge on any atom is 0.239 e. The van der Waals surface area contributed by atoms with E-state index >= 15 is 0 Å². The van der Waals surface area contributed by atoms with Gasteiger partial charge in [-0.05, 0) is 0 Å². The molecular weight excluding hydrogens is 116 g/mol. The normalized spacial score (nSPS) is 24.4. The molecule has 0 aromatic heterocycles. The van der Waals surface area contributed by atoms with Crippen molar-refractivity contribution in [1.82, 2.24) is 10.6 Å². The molecule has 1 heterocycles. The van der Waals surface area contributed by atoms with Crippen LogP contribution in [0, 0.1) is 0 Å². The zero-order chi connectivity index (χ0) is 6.69. The summed E-state index contributed by atoms with van der Waals surface area (Å²) in [6.45, 7) is 4.98. The van der Waals surface area contributed by atoms with Gasteiger partial charge in [-0.2, -0.15) is 0 Å². The topological polar surface area (TPSA) is 41.1 Å². The van der Waals surface area contributed by atoms with Crippen LogP contribution in [0.4, 0.5) is 0 Å². The molecule has 1 aliphatic heterocycles. The molecule has 2 N–H and O–H groups in total. The Kier molecular flexibility index (Phi) is 1.85. The Bertz CT molecular complexity index is 133. The van der Waals surface area contributed by atoms with Crippen molar-refractivity contribution in [2.75, 3.05) is 13.1 Å². The molecule has 1 rings (SSSR count). The fraction of sp³-hybridized carbons (Fsp3) is 0.500. The first-order valence-electron chi connectivity index (χ1n) is 2.96. The van der Waals surface area contributed by atoms with E-state index in [2.05, 4.69) is 17.2 Å². The lowest BCUT2D eigenvalue weighted by atomic mass is 10.1. The fourth-order valence-electron chi connectivity index (χ4n) is 0.678. The molecule has 50 valence electrons. The zero-order valence-electron chi connectivity index (χ0n) is 5.18. The van der Waals surface area contributed by atoms with Crippen molar-refractivity contribution in [2.24, 2.45) is 0 Å². The summed E-state index contributed by atoms with van der Waals surface area (Å²) in [6.07, 6.45) is 1.74. The lowest BCUT2D eigenvalue weighted by Crippen LogP contribution is -2.60. The van der Waals surface area contributed by atoms with E-state index in [4.69, 9.17) is 0 Å². The van der Waals surface area contributed by atoms with Crippen LogP contribution in [-0.4, -0.2) is 25.0 Å². The molecule has 0 spiro atoms. The molecule has 3 heteroatoms. The molecule has 1 unspecified atom stereocenters. The summed E-state index contributed by atoms with van der Waals surface area (Å²) in [5, 5.41) is 5.62. The minimum Gasteiger partial charge on any atom is -0.353 e. The number of β-lactam (4-membered cyclic amide) rings is 1. The second-order valence-electron chi connectivity index (χ2n) is 1.99. The van der Waals surface area contributed by atoms with Crippen molar-refractivity contribution < 1.29 is 4.79 Å². The fourth-order valence-corrected chi connectivity index (χ4v) is 0.678. The van der Waals surface area contributed by atoms with E-state index in [1.165, 1.54) is 0 Å². The third kappa shape index (κ3) is 1.29. The molecule has 0 aliphatic carbocycles. The Morgan fingerprint density at radius 2 is 2.78 bits per heavy atom. The Morgan fingerprint density at radius 1 is 2.00 bits per heavy atom. The second-order valence-corrected chi connectivity index (χ2v) is 1.99. The van der Waals surface area contributed by atoms with Crippen LogP contribution in [0.15, 0.2) is 12.7 Å². The third-order valence-corrected chi connectivity index (χ3v) is 1.31. The Morgan fingerprint density at radius 3 is 3.11 bits per heavy atom. The maximum atomic E-state index is 10.5. The average Bonchev–Trinajstić information content (AvgIpc) is 1.86. The van der Waals surface area contributed by atoms with Gasteiger partial charge in [-0.1, -0.05) is 6.08 Å². The van der Waals surface area contributed by atoms with Crippen molar-refractivity contribution >= 4 is 5.91 Å². The first-order chi connectivity index (χ1) is 4.34. The van der Waals surface area contributed by atoms with E-state index in [1.807, 2.05) is 0 Å². The standard InChI is InChI=1S/C6H10N2O/c1-2-3-7-5-4-8-6(5)9/h2,5,7H,1,3-4H2,(H,8,9). The van der Waals surface area contributed by atoms with Crippen LogP contribution >= 0.6 is 0 Å². The molecule has 1 amide bonds. The van der Waals surface area contributed by atoms with Crippen molar-refractivity contribution in [3.8, 4) is 0 Å². The van der Waals surface area contributed by atoms with Gasteiger partial charge in [0.2, 0.25) is 5.91 Å². The minimum atomic E-state index is 0.0306. The highest BCUT2D eigenvalue weighted by molar-refractivity contribution is 5.87. The van der Waals surface area contributed by atoms with Gasteiger partial charge in [0.05, 0.1) is 0 Å². The van der Waals surface area contributed by atoms with Crippen LogP contribution in [0.25, 0.3) is 0 Å². The van der Waals surface area contributed by atoms with Crippen LogP contribution in [0.3, 0.4) is 0 Å². The van der Waals surface area contributed by atoms with Crippen LogP contribution in [0.2, 0.25) is 0 Å². The van der Waals surface area contributed by atoms with Gasteiger partial charge in [0.25, 0.3) is 0 Å². The molecule has 1 aliphatic rings. The molecule has 0 bridgehead atoms. The van der Waals surface area contributed by atoms with Crippen LogP contribution in [0.1, 0.15) is 0 Å². The zero-order valence-corrected chi connectivity index (χ0v) is 5.18. The number of carbonyl (C=O) groups excluding carboxylic acids is 1. The molecule has 9 heavy (non-hydrogen) atoms. The van der Waals surface area contributed by atoms with Crippen molar-refractivity contribution in [1.29, 1.82) is 0 Å². The molecule has 1 fully saturated rings. The molecular formula is C6H10N2O. The molecule has 1 atom stereocenters. The maximum absolute atomic E-state index is 10.5. The molecule has 1 saturated heterocycles. The summed E-state index contributed by atoms with van der Waals surface area (Å²) < 4.78 is 0. The minimum absolute atomic E-state index is 0.0306. The number of hydrogen-bond acceptors (Lipinski definition) is 2. The lowest BCUT2D eigenvalue weighted by molar-refractivity contribution is -0.128. The van der Waals surface area contributed by atoms with Gasteiger partial charge in [-0.3, -0.25) is 4.79 Å². The van der Waals surface area contributed by atoms with Gasteiger partial charge in [-0.15, -0.1) is 6.58 Å². The third-order valence-electron chi connectivity index (χ3n) is 1.31. The highest BCUT2D eigenvalue weighted by atomic mass is 16.2. The van der Waals surface area contributed by atoms with Gasteiger partial charge in [0.1, 0.15) is 6.04 Å². The largest absolute Gasteiger partial charge is 0.353 e. The van der Waals surface area contributed by atoms with Gasteiger partial charge >= 0.3 is 0 Å². The monoisotopic (exact) mass is 126 g/mol. The number of carbonyl (C=O) groups is 1. The molecule has 3 nitrogen and oxygen atoms in total. The van der Waals surface area contributed by atoms with Gasteiger partial charge in [-0.25, -0.2) is 0 Å². The summed E-state index contributed by atoms with van der Waals surface area (Å²) in [5.41, 5.74) is 0. The summed E-state index contributed by atoms with van der Waals surface area (Å²) in [5.74, 6) is 0.0943. The smallest absolute Gasteiger partial charge is 0.239 e. The Hall–Kier alpha value is -0.830. The summed E-state index contributed by atoms with van der Waals surface area (Å²) in [4.78, 5) is 10.5. The Labute approximate surface area is 54.1 Å². The van der Waals surface area contributed by atoms with Crippen LogP contribution in [-0.2, 0) is 4.79 Å². The first kappa shape index (κ1) is 6.29. The number of rotatable bonds is 3. The van der Waals surface area contributed by atoms with E-state index in [-0.39, 0.29) is 11.9 Å². The molecule has 0 radical (unpaired) electrons. The van der Waals surface area contributed by atoms with E-state index in [9.17, 15) is 4.79 Å². The van der Waals surface area contributed by atoms with E-state index in [0.717, 1.165) is 6.54 Å². The highest BCUT2D eigenvalue weighted by Gasteiger charge is 2.25. The summed E-state index contributed by atoms with van der Waals surface area (Å²) >= 11 is 0. The molecule has 0 saturated carbocycles. The summed E-state index contributed by atoms with van der Waals surface area (Å²) in [6, 6.07) is 0.0306. The average molecular weight is 126 g/mol. The predicted molar refractivity (Wildman–Crippen MR) is 35.0 cm³/mol. The van der Waals surface area contributed by atoms with Crippen LogP contribution < -0.4 is 10.6 Å². The van der Waals surface area contributed by atoms with Crippen molar-refractivity contribution in [2.45, 2.75) is 6.04 Å². The van der Waals surface area contributed by atoms with Crippen LogP contribution in [0.5, 0.6) is 0 Å². The predicted octanol–water partition coefficient (Wildman–Crippen LogP) is -0.740. The molecule has 0 aromatic carbocycles. The summed E-state index contributed by atoms with van der Waals surface area (Å²) in [7, 11) is 0. The van der Waals surface area contributed by atoms with Crippen molar-refractivity contribution in [3.63, 3.8) is 0 Å². The SMILES string of the molecule is C=CCNC1CNC1=O. The van der Waals surface area contributed by atoms with E-state index in [1.54, 1.807) is 6.08 Å². The quantitative estimate of drug-likeness (QED) is 0.386.